The first kappa shape index (κ1) is 16.8. The van der Waals surface area contributed by atoms with Crippen LogP contribution >= 0.6 is 0 Å². The molecule has 1 aliphatic carbocycles. The lowest BCUT2D eigenvalue weighted by molar-refractivity contribution is 0.261. The number of rotatable bonds is 6. The van der Waals surface area contributed by atoms with Crippen molar-refractivity contribution < 1.29 is 4.39 Å². The Kier molecular flexibility index (Phi) is 5.37. The van der Waals surface area contributed by atoms with Gasteiger partial charge in [-0.1, -0.05) is 26.2 Å². The highest BCUT2D eigenvalue weighted by atomic mass is 19.1. The molecule has 2 atom stereocenters. The van der Waals surface area contributed by atoms with Crippen molar-refractivity contribution in [2.45, 2.75) is 45.6 Å². The zero-order valence-electron chi connectivity index (χ0n) is 14.4. The SMILES string of the molecule is CCC1CCCC(CN(Cc2nncn2C)c2ncc(F)cn2)C1. The second-order valence-corrected chi connectivity index (χ2v) is 6.75. The van der Waals surface area contributed by atoms with Crippen LogP contribution in [-0.2, 0) is 13.6 Å². The first-order valence-corrected chi connectivity index (χ1v) is 8.71. The molecule has 1 aliphatic rings. The standard InChI is InChI=1S/C17H25FN6/c1-3-13-5-4-6-14(7-13)10-24(11-16-22-21-12-23(16)2)17-19-8-15(18)9-20-17/h8-9,12-14H,3-7,10-11H2,1-2H3. The van der Waals surface area contributed by atoms with Gasteiger partial charge in [-0.2, -0.15) is 0 Å². The molecule has 24 heavy (non-hydrogen) atoms. The third kappa shape index (κ3) is 4.07. The summed E-state index contributed by atoms with van der Waals surface area (Å²) in [5.41, 5.74) is 0. The Morgan fingerprint density at radius 3 is 2.67 bits per heavy atom. The van der Waals surface area contributed by atoms with Gasteiger partial charge in [0, 0.05) is 13.6 Å². The summed E-state index contributed by atoms with van der Waals surface area (Å²) >= 11 is 0. The van der Waals surface area contributed by atoms with E-state index in [0.717, 1.165) is 18.3 Å². The van der Waals surface area contributed by atoms with Crippen molar-refractivity contribution in [3.63, 3.8) is 0 Å². The van der Waals surface area contributed by atoms with E-state index in [1.807, 2.05) is 11.6 Å². The van der Waals surface area contributed by atoms with Gasteiger partial charge in [0.15, 0.2) is 11.6 Å². The molecular formula is C17H25FN6. The van der Waals surface area contributed by atoms with Gasteiger partial charge in [0.25, 0.3) is 0 Å². The van der Waals surface area contributed by atoms with E-state index >= 15 is 0 Å². The minimum absolute atomic E-state index is 0.416. The van der Waals surface area contributed by atoms with Crippen LogP contribution in [-0.4, -0.2) is 31.3 Å². The zero-order chi connectivity index (χ0) is 16.9. The Morgan fingerprint density at radius 1 is 1.25 bits per heavy atom. The second kappa shape index (κ2) is 7.68. The predicted molar refractivity (Wildman–Crippen MR) is 89.8 cm³/mol. The average Bonchev–Trinajstić information content (AvgIpc) is 3.00. The van der Waals surface area contributed by atoms with E-state index in [1.54, 1.807) is 6.33 Å². The summed E-state index contributed by atoms with van der Waals surface area (Å²) in [5.74, 6) is 2.42. The number of nitrogens with zero attached hydrogens (tertiary/aromatic N) is 6. The maximum absolute atomic E-state index is 13.2. The average molecular weight is 332 g/mol. The Labute approximate surface area is 142 Å². The molecule has 0 aliphatic heterocycles. The molecule has 2 aromatic heterocycles. The van der Waals surface area contributed by atoms with Gasteiger partial charge < -0.3 is 9.47 Å². The van der Waals surface area contributed by atoms with E-state index in [1.165, 1.54) is 44.5 Å². The van der Waals surface area contributed by atoms with Crippen molar-refractivity contribution in [3.8, 4) is 0 Å². The highest BCUT2D eigenvalue weighted by molar-refractivity contribution is 5.29. The van der Waals surface area contributed by atoms with E-state index in [0.29, 0.717) is 18.4 Å². The first-order valence-electron chi connectivity index (χ1n) is 8.71. The summed E-state index contributed by atoms with van der Waals surface area (Å²) < 4.78 is 15.1. The molecule has 7 heteroatoms. The molecule has 0 bridgehead atoms. The fourth-order valence-electron chi connectivity index (χ4n) is 3.56. The van der Waals surface area contributed by atoms with Gasteiger partial charge in [-0.25, -0.2) is 14.4 Å². The second-order valence-electron chi connectivity index (χ2n) is 6.75. The van der Waals surface area contributed by atoms with Crippen LogP contribution in [0.15, 0.2) is 18.7 Å². The molecular weight excluding hydrogens is 307 g/mol. The molecule has 2 aromatic rings. The zero-order valence-corrected chi connectivity index (χ0v) is 14.4. The van der Waals surface area contributed by atoms with Crippen LogP contribution < -0.4 is 4.90 Å². The summed E-state index contributed by atoms with van der Waals surface area (Å²) in [4.78, 5) is 10.5. The molecule has 6 nitrogen and oxygen atoms in total. The number of halogens is 1. The minimum Gasteiger partial charge on any atom is -0.333 e. The number of aromatic nitrogens is 5. The van der Waals surface area contributed by atoms with E-state index in [-0.39, 0.29) is 0 Å². The smallest absolute Gasteiger partial charge is 0.225 e. The van der Waals surface area contributed by atoms with Gasteiger partial charge >= 0.3 is 0 Å². The summed E-state index contributed by atoms with van der Waals surface area (Å²) in [6.07, 6.45) is 10.5. The van der Waals surface area contributed by atoms with E-state index in [9.17, 15) is 4.39 Å². The Bertz CT molecular complexity index is 641. The van der Waals surface area contributed by atoms with Crippen molar-refractivity contribution in [2.75, 3.05) is 11.4 Å². The molecule has 0 spiro atoms. The number of aryl methyl sites for hydroxylation is 1. The fraction of sp³-hybridized carbons (Fsp3) is 0.647. The van der Waals surface area contributed by atoms with Crippen LogP contribution in [0.2, 0.25) is 0 Å². The van der Waals surface area contributed by atoms with Crippen LogP contribution in [0, 0.1) is 17.7 Å². The van der Waals surface area contributed by atoms with Gasteiger partial charge in [0.1, 0.15) is 6.33 Å². The van der Waals surface area contributed by atoms with Crippen molar-refractivity contribution in [1.82, 2.24) is 24.7 Å². The minimum atomic E-state index is -0.416. The van der Waals surface area contributed by atoms with Crippen molar-refractivity contribution in [1.29, 1.82) is 0 Å². The van der Waals surface area contributed by atoms with Gasteiger partial charge in [-0.15, -0.1) is 10.2 Å². The van der Waals surface area contributed by atoms with Gasteiger partial charge in [0.2, 0.25) is 5.95 Å². The van der Waals surface area contributed by atoms with Gasteiger partial charge in [0.05, 0.1) is 18.9 Å². The van der Waals surface area contributed by atoms with Crippen LogP contribution in [0.3, 0.4) is 0 Å². The highest BCUT2D eigenvalue weighted by Crippen LogP contribution is 2.32. The monoisotopic (exact) mass is 332 g/mol. The number of hydrogen-bond acceptors (Lipinski definition) is 5. The van der Waals surface area contributed by atoms with Crippen molar-refractivity contribution in [3.05, 3.63) is 30.4 Å². The maximum Gasteiger partial charge on any atom is 0.225 e. The van der Waals surface area contributed by atoms with E-state index in [2.05, 4.69) is 32.0 Å². The lowest BCUT2D eigenvalue weighted by Gasteiger charge is -2.33. The number of hydrogen-bond donors (Lipinski definition) is 0. The predicted octanol–water partition coefficient (Wildman–Crippen LogP) is 2.97. The molecule has 0 amide bonds. The van der Waals surface area contributed by atoms with Gasteiger partial charge in [-0.05, 0) is 24.7 Å². The Balaban J connectivity index is 1.76. The first-order chi connectivity index (χ1) is 11.7. The molecule has 0 saturated heterocycles. The van der Waals surface area contributed by atoms with E-state index in [4.69, 9.17) is 0 Å². The lowest BCUT2D eigenvalue weighted by atomic mass is 9.80. The van der Waals surface area contributed by atoms with Crippen molar-refractivity contribution >= 4 is 5.95 Å². The molecule has 130 valence electrons. The lowest BCUT2D eigenvalue weighted by Crippen LogP contribution is -2.33. The quantitative estimate of drug-likeness (QED) is 0.814. The molecule has 1 fully saturated rings. The van der Waals surface area contributed by atoms with Crippen LogP contribution in [0.5, 0.6) is 0 Å². The Morgan fingerprint density at radius 2 is 2.00 bits per heavy atom. The normalized spacial score (nSPS) is 21.0. The van der Waals surface area contributed by atoms with Gasteiger partial charge in [-0.3, -0.25) is 0 Å². The molecule has 2 unspecified atom stereocenters. The Hall–Kier alpha value is -2.05. The topological polar surface area (TPSA) is 59.7 Å². The molecule has 1 saturated carbocycles. The van der Waals surface area contributed by atoms with Crippen LogP contribution in [0.25, 0.3) is 0 Å². The van der Waals surface area contributed by atoms with Crippen molar-refractivity contribution in [2.24, 2.45) is 18.9 Å². The molecule has 3 rings (SSSR count). The largest absolute Gasteiger partial charge is 0.333 e. The number of anilines is 1. The molecule has 0 radical (unpaired) electrons. The summed E-state index contributed by atoms with van der Waals surface area (Å²) in [7, 11) is 1.92. The third-order valence-electron chi connectivity index (χ3n) is 4.97. The molecule has 2 heterocycles. The fourth-order valence-corrected chi connectivity index (χ4v) is 3.56. The van der Waals surface area contributed by atoms with Crippen LogP contribution in [0.4, 0.5) is 10.3 Å². The summed E-state index contributed by atoms with van der Waals surface area (Å²) in [5, 5.41) is 8.10. The van der Waals surface area contributed by atoms with Crippen LogP contribution in [0.1, 0.15) is 44.9 Å². The third-order valence-corrected chi connectivity index (χ3v) is 4.97. The maximum atomic E-state index is 13.2. The summed E-state index contributed by atoms with van der Waals surface area (Å²) in [6.45, 7) is 3.72. The molecule has 0 N–H and O–H groups in total. The highest BCUT2D eigenvalue weighted by Gasteiger charge is 2.24. The van der Waals surface area contributed by atoms with E-state index < -0.39 is 5.82 Å². The summed E-state index contributed by atoms with van der Waals surface area (Å²) in [6, 6.07) is 0. The molecule has 0 aromatic carbocycles.